The molecule has 0 aromatic carbocycles. The average molecular weight is 249 g/mol. The van der Waals surface area contributed by atoms with E-state index in [1.54, 1.807) is 0 Å². The van der Waals surface area contributed by atoms with Crippen LogP contribution >= 0.6 is 0 Å². The van der Waals surface area contributed by atoms with Gasteiger partial charge in [-0.2, -0.15) is 0 Å². The van der Waals surface area contributed by atoms with Gasteiger partial charge in [-0.1, -0.05) is 38.5 Å². The third-order valence-corrected chi connectivity index (χ3v) is 4.34. The molecule has 1 heterocycles. The number of aromatic nitrogens is 3. The molecule has 100 valence electrons. The summed E-state index contributed by atoms with van der Waals surface area (Å²) in [7, 11) is 0. The molecule has 0 atom stereocenters. The van der Waals surface area contributed by atoms with Gasteiger partial charge in [0, 0.05) is 12.5 Å². The van der Waals surface area contributed by atoms with Gasteiger partial charge in [0.25, 0.3) is 0 Å². The standard InChI is InChI=1S/C14H23N3O/c18-10-14-16-15-13(17(14)12-7-8-12)9-11-5-3-1-2-4-6-11/h11-12,18H,1-10H2. The zero-order valence-corrected chi connectivity index (χ0v) is 11.0. The minimum absolute atomic E-state index is 0.0220. The Bertz CT molecular complexity index is 390. The second kappa shape index (κ2) is 5.39. The van der Waals surface area contributed by atoms with Crippen molar-refractivity contribution < 1.29 is 5.11 Å². The molecular formula is C14H23N3O. The largest absolute Gasteiger partial charge is 0.388 e. The van der Waals surface area contributed by atoms with Crippen LogP contribution in [-0.4, -0.2) is 19.9 Å². The number of hydrogen-bond donors (Lipinski definition) is 1. The van der Waals surface area contributed by atoms with Crippen LogP contribution in [0.4, 0.5) is 0 Å². The topological polar surface area (TPSA) is 50.9 Å². The van der Waals surface area contributed by atoms with Crippen molar-refractivity contribution in [2.45, 2.75) is 70.4 Å². The molecule has 2 fully saturated rings. The molecule has 0 radical (unpaired) electrons. The smallest absolute Gasteiger partial charge is 0.159 e. The lowest BCUT2D eigenvalue weighted by Gasteiger charge is -2.14. The number of aliphatic hydroxyl groups excluding tert-OH is 1. The monoisotopic (exact) mass is 249 g/mol. The van der Waals surface area contributed by atoms with Crippen LogP contribution in [0, 0.1) is 5.92 Å². The third-order valence-electron chi connectivity index (χ3n) is 4.34. The van der Waals surface area contributed by atoms with Gasteiger partial charge in [0.2, 0.25) is 0 Å². The van der Waals surface area contributed by atoms with E-state index < -0.39 is 0 Å². The highest BCUT2D eigenvalue weighted by Crippen LogP contribution is 2.37. The van der Waals surface area contributed by atoms with Crippen LogP contribution < -0.4 is 0 Å². The van der Waals surface area contributed by atoms with Crippen LogP contribution in [0.2, 0.25) is 0 Å². The van der Waals surface area contributed by atoms with Crippen molar-refractivity contribution in [1.29, 1.82) is 0 Å². The number of hydrogen-bond acceptors (Lipinski definition) is 3. The number of aliphatic hydroxyl groups is 1. The van der Waals surface area contributed by atoms with Crippen molar-refractivity contribution in [2.24, 2.45) is 5.92 Å². The Kier molecular flexibility index (Phi) is 3.64. The molecule has 0 bridgehead atoms. The summed E-state index contributed by atoms with van der Waals surface area (Å²) < 4.78 is 2.21. The number of nitrogens with zero attached hydrogens (tertiary/aromatic N) is 3. The summed E-state index contributed by atoms with van der Waals surface area (Å²) in [6.45, 7) is 0.0220. The summed E-state index contributed by atoms with van der Waals surface area (Å²) >= 11 is 0. The van der Waals surface area contributed by atoms with Crippen LogP contribution in [0.25, 0.3) is 0 Å². The molecule has 2 aliphatic carbocycles. The minimum Gasteiger partial charge on any atom is -0.388 e. The van der Waals surface area contributed by atoms with Crippen molar-refractivity contribution in [2.75, 3.05) is 0 Å². The van der Waals surface area contributed by atoms with E-state index in [0.29, 0.717) is 6.04 Å². The molecule has 2 aliphatic rings. The molecule has 0 amide bonds. The lowest BCUT2D eigenvalue weighted by Crippen LogP contribution is -2.11. The zero-order valence-electron chi connectivity index (χ0n) is 11.0. The van der Waals surface area contributed by atoms with Gasteiger partial charge in [-0.15, -0.1) is 10.2 Å². The summed E-state index contributed by atoms with van der Waals surface area (Å²) in [5.41, 5.74) is 0. The van der Waals surface area contributed by atoms with E-state index in [4.69, 9.17) is 0 Å². The molecular weight excluding hydrogens is 226 g/mol. The lowest BCUT2D eigenvalue weighted by atomic mass is 9.96. The molecule has 3 rings (SSSR count). The Morgan fingerprint density at radius 2 is 1.61 bits per heavy atom. The SMILES string of the molecule is OCc1nnc(CC2CCCCCC2)n1C1CC1. The van der Waals surface area contributed by atoms with Crippen molar-refractivity contribution in [3.05, 3.63) is 11.6 Å². The van der Waals surface area contributed by atoms with Crippen molar-refractivity contribution in [3.8, 4) is 0 Å². The molecule has 0 unspecified atom stereocenters. The fourth-order valence-corrected chi connectivity index (χ4v) is 3.19. The molecule has 2 saturated carbocycles. The maximum Gasteiger partial charge on any atom is 0.159 e. The number of rotatable bonds is 4. The van der Waals surface area contributed by atoms with E-state index in [1.807, 2.05) is 0 Å². The van der Waals surface area contributed by atoms with Gasteiger partial charge < -0.3 is 9.67 Å². The third kappa shape index (κ3) is 2.58. The van der Waals surface area contributed by atoms with Gasteiger partial charge in [-0.05, 0) is 18.8 Å². The predicted molar refractivity (Wildman–Crippen MR) is 69.1 cm³/mol. The molecule has 18 heavy (non-hydrogen) atoms. The fraction of sp³-hybridized carbons (Fsp3) is 0.857. The van der Waals surface area contributed by atoms with E-state index in [1.165, 1.54) is 51.4 Å². The highest BCUT2D eigenvalue weighted by Gasteiger charge is 2.29. The second-order valence-corrected chi connectivity index (χ2v) is 5.85. The quantitative estimate of drug-likeness (QED) is 0.834. The molecule has 0 spiro atoms. The molecule has 1 N–H and O–H groups in total. The average Bonchev–Trinajstić information content (AvgIpc) is 3.17. The molecule has 0 aliphatic heterocycles. The highest BCUT2D eigenvalue weighted by molar-refractivity contribution is 5.03. The van der Waals surface area contributed by atoms with Crippen LogP contribution in [0.1, 0.15) is 69.1 Å². The molecule has 0 saturated heterocycles. The normalized spacial score (nSPS) is 22.1. The van der Waals surface area contributed by atoms with E-state index in [0.717, 1.165) is 24.0 Å². The molecule has 4 nitrogen and oxygen atoms in total. The summed E-state index contributed by atoms with van der Waals surface area (Å²) in [5.74, 6) is 2.66. The predicted octanol–water partition coefficient (Wildman–Crippen LogP) is 2.62. The first-order valence-electron chi connectivity index (χ1n) is 7.42. The van der Waals surface area contributed by atoms with Gasteiger partial charge in [0.1, 0.15) is 12.4 Å². The van der Waals surface area contributed by atoms with E-state index >= 15 is 0 Å². The summed E-state index contributed by atoms with van der Waals surface area (Å²) in [5, 5.41) is 17.8. The fourth-order valence-electron chi connectivity index (χ4n) is 3.19. The summed E-state index contributed by atoms with van der Waals surface area (Å²) in [4.78, 5) is 0. The maximum atomic E-state index is 9.34. The van der Waals surface area contributed by atoms with Gasteiger partial charge in [-0.3, -0.25) is 0 Å². The van der Waals surface area contributed by atoms with Gasteiger partial charge in [-0.25, -0.2) is 0 Å². The lowest BCUT2D eigenvalue weighted by molar-refractivity contribution is 0.264. The van der Waals surface area contributed by atoms with Crippen LogP contribution in [0.3, 0.4) is 0 Å². The maximum absolute atomic E-state index is 9.34. The Balaban J connectivity index is 1.73. The first-order chi connectivity index (χ1) is 8.88. The Morgan fingerprint density at radius 3 is 2.22 bits per heavy atom. The zero-order chi connectivity index (χ0) is 12.4. The van der Waals surface area contributed by atoms with Crippen molar-refractivity contribution in [3.63, 3.8) is 0 Å². The van der Waals surface area contributed by atoms with Crippen LogP contribution in [0.15, 0.2) is 0 Å². The van der Waals surface area contributed by atoms with E-state index in [2.05, 4.69) is 14.8 Å². The van der Waals surface area contributed by atoms with Crippen LogP contribution in [-0.2, 0) is 13.0 Å². The Labute approximate surface area is 108 Å². The first-order valence-corrected chi connectivity index (χ1v) is 7.42. The van der Waals surface area contributed by atoms with Gasteiger partial charge in [0.05, 0.1) is 0 Å². The van der Waals surface area contributed by atoms with Gasteiger partial charge >= 0.3 is 0 Å². The van der Waals surface area contributed by atoms with Crippen LogP contribution in [0.5, 0.6) is 0 Å². The molecule has 1 aromatic heterocycles. The first kappa shape index (κ1) is 12.2. The highest BCUT2D eigenvalue weighted by atomic mass is 16.3. The van der Waals surface area contributed by atoms with Crippen molar-refractivity contribution >= 4 is 0 Å². The molecule has 4 heteroatoms. The Hall–Kier alpha value is -0.900. The summed E-state index contributed by atoms with van der Waals surface area (Å²) in [6.07, 6.45) is 11.7. The minimum atomic E-state index is 0.0220. The van der Waals surface area contributed by atoms with Crippen molar-refractivity contribution in [1.82, 2.24) is 14.8 Å². The Morgan fingerprint density at radius 1 is 0.944 bits per heavy atom. The van der Waals surface area contributed by atoms with E-state index in [9.17, 15) is 5.11 Å². The molecule has 1 aromatic rings. The second-order valence-electron chi connectivity index (χ2n) is 5.85. The summed E-state index contributed by atoms with van der Waals surface area (Å²) in [6, 6.07) is 0.572. The van der Waals surface area contributed by atoms with Gasteiger partial charge in [0.15, 0.2) is 5.82 Å². The van der Waals surface area contributed by atoms with E-state index in [-0.39, 0.29) is 6.61 Å².